The van der Waals surface area contributed by atoms with Crippen molar-refractivity contribution in [3.8, 4) is 11.5 Å². The van der Waals surface area contributed by atoms with Crippen LogP contribution in [0.2, 0.25) is 0 Å². The van der Waals surface area contributed by atoms with Gasteiger partial charge < -0.3 is 14.6 Å². The van der Waals surface area contributed by atoms with Crippen LogP contribution in [0.25, 0.3) is 0 Å². The molecule has 17 heavy (non-hydrogen) atoms. The lowest BCUT2D eigenvalue weighted by atomic mass is 10.1. The van der Waals surface area contributed by atoms with E-state index in [4.69, 9.17) is 14.6 Å². The normalized spacial score (nSPS) is 13.9. The molecular weight excluding hydrogens is 231 g/mol. The summed E-state index contributed by atoms with van der Waals surface area (Å²) in [6, 6.07) is 2.03. The highest BCUT2D eigenvalue weighted by molar-refractivity contribution is 6.40. The second kappa shape index (κ2) is 4.40. The van der Waals surface area contributed by atoms with Gasteiger partial charge >= 0.3 is 5.97 Å². The first-order valence-electron chi connectivity index (χ1n) is 4.96. The van der Waals surface area contributed by atoms with Crippen molar-refractivity contribution in [1.82, 2.24) is 0 Å². The summed E-state index contributed by atoms with van der Waals surface area (Å²) in [5.74, 6) is -3.58. The second-order valence-electron chi connectivity index (χ2n) is 3.46. The summed E-state index contributed by atoms with van der Waals surface area (Å²) in [4.78, 5) is 21.7. The van der Waals surface area contributed by atoms with E-state index < -0.39 is 23.1 Å². The van der Waals surface area contributed by atoms with Gasteiger partial charge in [-0.05, 0) is 6.07 Å². The molecule has 0 aliphatic carbocycles. The van der Waals surface area contributed by atoms with E-state index in [2.05, 4.69) is 0 Å². The van der Waals surface area contributed by atoms with Crippen molar-refractivity contribution < 1.29 is 28.6 Å². The smallest absolute Gasteiger partial charge is 0.377 e. The Labute approximate surface area is 95.8 Å². The van der Waals surface area contributed by atoms with Crippen LogP contribution >= 0.6 is 0 Å². The molecule has 0 atom stereocenters. The first-order valence-corrected chi connectivity index (χ1v) is 4.96. The molecule has 0 aromatic heterocycles. The zero-order valence-electron chi connectivity index (χ0n) is 8.73. The molecule has 1 aliphatic rings. The molecule has 0 saturated heterocycles. The monoisotopic (exact) mass is 240 g/mol. The molecule has 1 aromatic rings. The fourth-order valence-electron chi connectivity index (χ4n) is 1.47. The molecule has 0 saturated carbocycles. The number of rotatable bonds is 2. The summed E-state index contributed by atoms with van der Waals surface area (Å²) < 4.78 is 23.9. The van der Waals surface area contributed by atoms with E-state index in [1.54, 1.807) is 0 Å². The van der Waals surface area contributed by atoms with E-state index in [9.17, 15) is 14.0 Å². The van der Waals surface area contributed by atoms with Gasteiger partial charge in [-0.2, -0.15) is 0 Å². The molecule has 6 heteroatoms. The van der Waals surface area contributed by atoms with Crippen LogP contribution in [0.5, 0.6) is 11.5 Å². The summed E-state index contributed by atoms with van der Waals surface area (Å²) in [5.41, 5.74) is -0.526. The molecule has 0 fully saturated rings. The molecule has 1 aromatic carbocycles. The number of benzene rings is 1. The molecular formula is C11H9FO5. The number of aliphatic carboxylic acids is 1. The summed E-state index contributed by atoms with van der Waals surface area (Å²) in [6.45, 7) is 0.762. The molecule has 1 aliphatic heterocycles. The maximum Gasteiger partial charge on any atom is 0.377 e. The lowest BCUT2D eigenvalue weighted by Crippen LogP contribution is -2.14. The Balaban J connectivity index is 2.45. The molecule has 0 radical (unpaired) electrons. The zero-order chi connectivity index (χ0) is 12.4. The number of halogens is 1. The lowest BCUT2D eigenvalue weighted by molar-refractivity contribution is -0.131. The SMILES string of the molecule is O=C(O)C(=O)c1cc2c(cc1F)OCCCO2. The van der Waals surface area contributed by atoms with Crippen LogP contribution in [0.3, 0.4) is 0 Å². The summed E-state index contributed by atoms with van der Waals surface area (Å²) >= 11 is 0. The minimum Gasteiger partial charge on any atom is -0.490 e. The Morgan fingerprint density at radius 2 is 1.76 bits per heavy atom. The van der Waals surface area contributed by atoms with E-state index >= 15 is 0 Å². The molecule has 0 unspecified atom stereocenters. The molecule has 90 valence electrons. The van der Waals surface area contributed by atoms with Crippen molar-refractivity contribution >= 4 is 11.8 Å². The highest BCUT2D eigenvalue weighted by Crippen LogP contribution is 2.32. The zero-order valence-corrected chi connectivity index (χ0v) is 8.73. The van der Waals surface area contributed by atoms with Crippen LogP contribution < -0.4 is 9.47 Å². The maximum atomic E-state index is 13.5. The van der Waals surface area contributed by atoms with Crippen molar-refractivity contribution in [1.29, 1.82) is 0 Å². The fraction of sp³-hybridized carbons (Fsp3) is 0.273. The largest absolute Gasteiger partial charge is 0.490 e. The van der Waals surface area contributed by atoms with Crippen molar-refractivity contribution in [3.05, 3.63) is 23.5 Å². The van der Waals surface area contributed by atoms with Gasteiger partial charge in [0.15, 0.2) is 11.5 Å². The number of carbonyl (C=O) groups excluding carboxylic acids is 1. The molecule has 0 bridgehead atoms. The Bertz CT molecular complexity index is 483. The third-order valence-corrected chi connectivity index (χ3v) is 2.28. The second-order valence-corrected chi connectivity index (χ2v) is 3.46. The van der Waals surface area contributed by atoms with Gasteiger partial charge in [0.1, 0.15) is 5.82 Å². The molecule has 5 nitrogen and oxygen atoms in total. The number of fused-ring (bicyclic) bond motifs is 1. The Hall–Kier alpha value is -2.11. The Morgan fingerprint density at radius 1 is 1.18 bits per heavy atom. The topological polar surface area (TPSA) is 72.8 Å². The van der Waals surface area contributed by atoms with Gasteiger partial charge in [0, 0.05) is 12.5 Å². The Kier molecular flexibility index (Phi) is 2.95. The average Bonchev–Trinajstić information content (AvgIpc) is 2.51. The average molecular weight is 240 g/mol. The summed E-state index contributed by atoms with van der Waals surface area (Å²) in [5, 5.41) is 8.53. The fourth-order valence-corrected chi connectivity index (χ4v) is 1.47. The first-order chi connectivity index (χ1) is 8.09. The van der Waals surface area contributed by atoms with Gasteiger partial charge in [0.25, 0.3) is 5.78 Å². The van der Waals surface area contributed by atoms with E-state index in [-0.39, 0.29) is 11.5 Å². The maximum absolute atomic E-state index is 13.5. The number of Topliss-reactive ketones (excluding diaryl/α,β-unsaturated/α-hetero) is 1. The number of ketones is 1. The predicted octanol–water partition coefficient (Wildman–Crippen LogP) is 1.25. The summed E-state index contributed by atoms with van der Waals surface area (Å²) in [6.07, 6.45) is 0.637. The number of carbonyl (C=O) groups is 2. The van der Waals surface area contributed by atoms with Crippen molar-refractivity contribution in [3.63, 3.8) is 0 Å². The van der Waals surface area contributed by atoms with Crippen LogP contribution in [-0.4, -0.2) is 30.1 Å². The highest BCUT2D eigenvalue weighted by atomic mass is 19.1. The van der Waals surface area contributed by atoms with Gasteiger partial charge in [0.2, 0.25) is 0 Å². The molecule has 0 amide bonds. The minimum atomic E-state index is -1.71. The van der Waals surface area contributed by atoms with Gasteiger partial charge in [-0.15, -0.1) is 0 Å². The van der Waals surface area contributed by atoms with E-state index in [1.807, 2.05) is 0 Å². The summed E-state index contributed by atoms with van der Waals surface area (Å²) in [7, 11) is 0. The van der Waals surface area contributed by atoms with Gasteiger partial charge in [-0.1, -0.05) is 0 Å². The van der Waals surface area contributed by atoms with Crippen LogP contribution in [0.15, 0.2) is 12.1 Å². The third kappa shape index (κ3) is 2.20. The van der Waals surface area contributed by atoms with Crippen LogP contribution in [0, 0.1) is 5.82 Å². The van der Waals surface area contributed by atoms with Crippen molar-refractivity contribution in [2.75, 3.05) is 13.2 Å². The number of carboxylic acids is 1. The standard InChI is InChI=1S/C11H9FO5/c12-7-5-9-8(16-2-1-3-17-9)4-6(7)10(13)11(14)15/h4-5H,1-3H2,(H,14,15). The minimum absolute atomic E-state index is 0.182. The number of hydrogen-bond donors (Lipinski definition) is 1. The molecule has 0 spiro atoms. The van der Waals surface area contributed by atoms with Crippen molar-refractivity contribution in [2.24, 2.45) is 0 Å². The highest BCUT2D eigenvalue weighted by Gasteiger charge is 2.23. The number of carboxylic acid groups (broad SMARTS) is 1. The first kappa shape index (κ1) is 11.4. The Morgan fingerprint density at radius 3 is 2.35 bits per heavy atom. The molecule has 1 N–H and O–H groups in total. The van der Waals surface area contributed by atoms with Crippen molar-refractivity contribution in [2.45, 2.75) is 6.42 Å². The van der Waals surface area contributed by atoms with E-state index in [1.165, 1.54) is 0 Å². The molecule has 2 rings (SSSR count). The number of hydrogen-bond acceptors (Lipinski definition) is 4. The number of ether oxygens (including phenoxy) is 2. The predicted molar refractivity (Wildman–Crippen MR) is 54.0 cm³/mol. The van der Waals surface area contributed by atoms with E-state index in [0.29, 0.717) is 19.6 Å². The van der Waals surface area contributed by atoms with Crippen LogP contribution in [-0.2, 0) is 4.79 Å². The van der Waals surface area contributed by atoms with E-state index in [0.717, 1.165) is 12.1 Å². The van der Waals surface area contributed by atoms with Crippen LogP contribution in [0.4, 0.5) is 4.39 Å². The van der Waals surface area contributed by atoms with Gasteiger partial charge in [-0.3, -0.25) is 4.79 Å². The van der Waals surface area contributed by atoms with Gasteiger partial charge in [0.05, 0.1) is 18.8 Å². The lowest BCUT2D eigenvalue weighted by Gasteiger charge is -2.08. The van der Waals surface area contributed by atoms with Crippen LogP contribution in [0.1, 0.15) is 16.8 Å². The molecule has 1 heterocycles. The third-order valence-electron chi connectivity index (χ3n) is 2.28. The van der Waals surface area contributed by atoms with Gasteiger partial charge in [-0.25, -0.2) is 9.18 Å². The quantitative estimate of drug-likeness (QED) is 0.622.